The van der Waals surface area contributed by atoms with Crippen LogP contribution in [-0.2, 0) is 0 Å². The third-order valence-corrected chi connectivity index (χ3v) is 2.75. The van der Waals surface area contributed by atoms with E-state index in [0.29, 0.717) is 5.69 Å². The van der Waals surface area contributed by atoms with E-state index in [1.54, 1.807) is 0 Å². The minimum Gasteiger partial charge on any atom is -0.363 e. The standard InChI is InChI=1S/C10H15N3O2/c1-8-2-4-13(5-3-8)10(14)12-9-6-11-15-7-9/h6-8H,2-5H2,1H3,(H,12,14). The van der Waals surface area contributed by atoms with E-state index in [1.807, 2.05) is 4.90 Å². The molecular formula is C10H15N3O2. The van der Waals surface area contributed by atoms with Crippen LogP contribution < -0.4 is 5.32 Å². The van der Waals surface area contributed by atoms with Crippen LogP contribution in [0.2, 0.25) is 0 Å². The summed E-state index contributed by atoms with van der Waals surface area (Å²) < 4.78 is 4.64. The zero-order valence-corrected chi connectivity index (χ0v) is 8.77. The summed E-state index contributed by atoms with van der Waals surface area (Å²) in [6.07, 6.45) is 5.07. The Morgan fingerprint density at radius 3 is 2.93 bits per heavy atom. The smallest absolute Gasteiger partial charge is 0.321 e. The minimum absolute atomic E-state index is 0.0647. The van der Waals surface area contributed by atoms with Gasteiger partial charge in [-0.25, -0.2) is 4.79 Å². The maximum atomic E-state index is 11.7. The number of aromatic nitrogens is 1. The van der Waals surface area contributed by atoms with Crippen LogP contribution in [0, 0.1) is 5.92 Å². The third-order valence-electron chi connectivity index (χ3n) is 2.75. The molecule has 1 saturated heterocycles. The molecule has 0 aromatic carbocycles. The molecule has 5 nitrogen and oxygen atoms in total. The van der Waals surface area contributed by atoms with Crippen LogP contribution in [0.5, 0.6) is 0 Å². The molecule has 0 atom stereocenters. The number of rotatable bonds is 1. The lowest BCUT2D eigenvalue weighted by atomic mass is 10.00. The molecule has 2 rings (SSSR count). The van der Waals surface area contributed by atoms with Crippen molar-refractivity contribution in [2.75, 3.05) is 18.4 Å². The van der Waals surface area contributed by atoms with Crippen LogP contribution in [0.25, 0.3) is 0 Å². The summed E-state index contributed by atoms with van der Waals surface area (Å²) in [6, 6.07) is -0.0647. The molecule has 1 aromatic rings. The topological polar surface area (TPSA) is 58.4 Å². The Hall–Kier alpha value is -1.52. The van der Waals surface area contributed by atoms with E-state index in [4.69, 9.17) is 0 Å². The van der Waals surface area contributed by atoms with Crippen molar-refractivity contribution >= 4 is 11.7 Å². The first-order chi connectivity index (χ1) is 7.25. The number of anilines is 1. The lowest BCUT2D eigenvalue weighted by molar-refractivity contribution is 0.186. The molecule has 0 radical (unpaired) electrons. The van der Waals surface area contributed by atoms with E-state index < -0.39 is 0 Å². The number of urea groups is 1. The second-order valence-electron chi connectivity index (χ2n) is 4.01. The number of hydrogen-bond acceptors (Lipinski definition) is 3. The first kappa shape index (κ1) is 10.0. The summed E-state index contributed by atoms with van der Waals surface area (Å²) in [4.78, 5) is 13.5. The predicted molar refractivity (Wildman–Crippen MR) is 55.5 cm³/mol. The first-order valence-electron chi connectivity index (χ1n) is 5.21. The summed E-state index contributed by atoms with van der Waals surface area (Å²) in [5.74, 6) is 0.727. The highest BCUT2D eigenvalue weighted by Gasteiger charge is 2.20. The van der Waals surface area contributed by atoms with Gasteiger partial charge in [0.15, 0.2) is 0 Å². The molecule has 0 unspecified atom stereocenters. The zero-order chi connectivity index (χ0) is 10.7. The van der Waals surface area contributed by atoms with Gasteiger partial charge < -0.3 is 14.7 Å². The number of nitrogens with zero attached hydrogens (tertiary/aromatic N) is 2. The van der Waals surface area contributed by atoms with Gasteiger partial charge in [-0.3, -0.25) is 0 Å². The van der Waals surface area contributed by atoms with Gasteiger partial charge in [0.05, 0.1) is 6.20 Å². The Balaban J connectivity index is 1.86. The first-order valence-corrected chi connectivity index (χ1v) is 5.21. The second kappa shape index (κ2) is 4.33. The average molecular weight is 209 g/mol. The number of piperidine rings is 1. The van der Waals surface area contributed by atoms with Gasteiger partial charge in [-0.1, -0.05) is 12.1 Å². The lowest BCUT2D eigenvalue weighted by Crippen LogP contribution is -2.40. The molecule has 1 N–H and O–H groups in total. The second-order valence-corrected chi connectivity index (χ2v) is 4.01. The maximum Gasteiger partial charge on any atom is 0.321 e. The molecule has 1 fully saturated rings. The molecular weight excluding hydrogens is 194 g/mol. The van der Waals surface area contributed by atoms with E-state index in [-0.39, 0.29) is 6.03 Å². The molecule has 0 saturated carbocycles. The SMILES string of the molecule is CC1CCN(C(=O)Nc2cnoc2)CC1. The van der Waals surface area contributed by atoms with Crippen molar-refractivity contribution in [2.24, 2.45) is 5.92 Å². The Labute approximate surface area is 88.4 Å². The summed E-state index contributed by atoms with van der Waals surface area (Å²) in [7, 11) is 0. The van der Waals surface area contributed by atoms with E-state index in [0.717, 1.165) is 31.8 Å². The number of carbonyl (C=O) groups excluding carboxylic acids is 1. The molecule has 0 aliphatic carbocycles. The molecule has 1 aromatic heterocycles. The summed E-state index contributed by atoms with van der Waals surface area (Å²) in [6.45, 7) is 3.88. The van der Waals surface area contributed by atoms with Crippen molar-refractivity contribution in [3.63, 3.8) is 0 Å². The van der Waals surface area contributed by atoms with Gasteiger partial charge >= 0.3 is 6.03 Å². The molecule has 2 amide bonds. The van der Waals surface area contributed by atoms with Crippen molar-refractivity contribution in [1.29, 1.82) is 0 Å². The van der Waals surface area contributed by atoms with Crippen molar-refractivity contribution in [2.45, 2.75) is 19.8 Å². The number of amides is 2. The quantitative estimate of drug-likeness (QED) is 0.768. The zero-order valence-electron chi connectivity index (χ0n) is 8.77. The molecule has 5 heteroatoms. The van der Waals surface area contributed by atoms with Crippen molar-refractivity contribution in [3.8, 4) is 0 Å². The highest BCUT2D eigenvalue weighted by atomic mass is 16.5. The molecule has 0 spiro atoms. The summed E-state index contributed by atoms with van der Waals surface area (Å²) in [5.41, 5.74) is 0.610. The van der Waals surface area contributed by atoms with Crippen LogP contribution in [0.1, 0.15) is 19.8 Å². The van der Waals surface area contributed by atoms with E-state index in [9.17, 15) is 4.79 Å². The average Bonchev–Trinajstić information content (AvgIpc) is 2.71. The van der Waals surface area contributed by atoms with Crippen molar-refractivity contribution < 1.29 is 9.32 Å². The van der Waals surface area contributed by atoms with E-state index in [1.165, 1.54) is 12.5 Å². The normalized spacial score (nSPS) is 17.8. The van der Waals surface area contributed by atoms with Crippen LogP contribution in [0.4, 0.5) is 10.5 Å². The highest BCUT2D eigenvalue weighted by molar-refractivity contribution is 5.88. The van der Waals surface area contributed by atoms with Gasteiger partial charge in [-0.15, -0.1) is 0 Å². The third kappa shape index (κ3) is 2.49. The Morgan fingerprint density at radius 1 is 1.60 bits per heavy atom. The number of carbonyl (C=O) groups is 1. The molecule has 1 aliphatic heterocycles. The number of likely N-dealkylation sites (tertiary alicyclic amines) is 1. The fourth-order valence-corrected chi connectivity index (χ4v) is 1.68. The Bertz CT molecular complexity index is 315. The monoisotopic (exact) mass is 209 g/mol. The summed E-state index contributed by atoms with van der Waals surface area (Å²) >= 11 is 0. The van der Waals surface area contributed by atoms with Gasteiger partial charge in [0, 0.05) is 13.1 Å². The van der Waals surface area contributed by atoms with E-state index >= 15 is 0 Å². The molecule has 15 heavy (non-hydrogen) atoms. The van der Waals surface area contributed by atoms with Crippen molar-refractivity contribution in [3.05, 3.63) is 12.5 Å². The van der Waals surface area contributed by atoms with Crippen LogP contribution in [0.3, 0.4) is 0 Å². The van der Waals surface area contributed by atoms with Crippen LogP contribution in [-0.4, -0.2) is 29.2 Å². The van der Waals surface area contributed by atoms with Gasteiger partial charge in [-0.05, 0) is 18.8 Å². The minimum atomic E-state index is -0.0647. The molecule has 82 valence electrons. The Morgan fingerprint density at radius 2 is 2.33 bits per heavy atom. The molecule has 2 heterocycles. The highest BCUT2D eigenvalue weighted by Crippen LogP contribution is 2.16. The van der Waals surface area contributed by atoms with Gasteiger partial charge in [0.25, 0.3) is 0 Å². The van der Waals surface area contributed by atoms with Crippen LogP contribution >= 0.6 is 0 Å². The van der Waals surface area contributed by atoms with Crippen molar-refractivity contribution in [1.82, 2.24) is 10.1 Å². The molecule has 1 aliphatic rings. The summed E-state index contributed by atoms with van der Waals surface area (Å²) in [5, 5.41) is 6.26. The fourth-order valence-electron chi connectivity index (χ4n) is 1.68. The fraction of sp³-hybridized carbons (Fsp3) is 0.600. The lowest BCUT2D eigenvalue weighted by Gasteiger charge is -2.29. The maximum absolute atomic E-state index is 11.7. The van der Waals surface area contributed by atoms with Gasteiger partial charge in [0.2, 0.25) is 0 Å². The number of hydrogen-bond donors (Lipinski definition) is 1. The predicted octanol–water partition coefficient (Wildman–Crippen LogP) is 1.94. The van der Waals surface area contributed by atoms with Crippen LogP contribution in [0.15, 0.2) is 17.0 Å². The number of nitrogens with one attached hydrogen (secondary N) is 1. The molecule has 0 bridgehead atoms. The van der Waals surface area contributed by atoms with Gasteiger partial charge in [-0.2, -0.15) is 0 Å². The largest absolute Gasteiger partial charge is 0.363 e. The van der Waals surface area contributed by atoms with E-state index in [2.05, 4.69) is 21.9 Å². The Kier molecular flexibility index (Phi) is 2.89. The van der Waals surface area contributed by atoms with Gasteiger partial charge in [0.1, 0.15) is 12.0 Å².